The molecule has 0 amide bonds. The molecular formula is C14H22ClNO. The molecule has 0 aliphatic carbocycles. The van der Waals surface area contributed by atoms with E-state index < -0.39 is 0 Å². The first-order valence-electron chi connectivity index (χ1n) is 5.98. The van der Waals surface area contributed by atoms with Crippen molar-refractivity contribution in [2.75, 3.05) is 6.54 Å². The lowest BCUT2D eigenvalue weighted by molar-refractivity contribution is 0.0492. The lowest BCUT2D eigenvalue weighted by atomic mass is 10.1. The van der Waals surface area contributed by atoms with Crippen LogP contribution in [0.2, 0.25) is 5.02 Å². The minimum absolute atomic E-state index is 0.133. The highest BCUT2D eigenvalue weighted by molar-refractivity contribution is 6.30. The van der Waals surface area contributed by atoms with Crippen LogP contribution in [0.4, 0.5) is 0 Å². The van der Waals surface area contributed by atoms with E-state index in [4.69, 9.17) is 16.3 Å². The van der Waals surface area contributed by atoms with Crippen molar-refractivity contribution in [3.05, 3.63) is 34.9 Å². The van der Waals surface area contributed by atoms with Gasteiger partial charge in [-0.25, -0.2) is 0 Å². The molecule has 3 heteroatoms. The molecular weight excluding hydrogens is 234 g/mol. The zero-order valence-electron chi connectivity index (χ0n) is 11.1. The Morgan fingerprint density at radius 3 is 2.65 bits per heavy atom. The van der Waals surface area contributed by atoms with E-state index in [0.29, 0.717) is 6.61 Å². The molecule has 0 fully saturated rings. The quantitative estimate of drug-likeness (QED) is 0.868. The predicted octanol–water partition coefficient (Wildman–Crippen LogP) is 3.63. The van der Waals surface area contributed by atoms with Crippen molar-refractivity contribution in [3.63, 3.8) is 0 Å². The largest absolute Gasteiger partial charge is 0.373 e. The van der Waals surface area contributed by atoms with E-state index in [1.807, 2.05) is 24.3 Å². The molecule has 1 aromatic carbocycles. The van der Waals surface area contributed by atoms with Crippen LogP contribution < -0.4 is 5.32 Å². The summed E-state index contributed by atoms with van der Waals surface area (Å²) in [6.07, 6.45) is 0.188. The lowest BCUT2D eigenvalue weighted by Gasteiger charge is -2.23. The second kappa shape index (κ2) is 6.39. The highest BCUT2D eigenvalue weighted by Gasteiger charge is 2.11. The standard InChI is InChI=1S/C14H22ClNO/c1-11(9-16-14(2,3)4)17-10-12-6-5-7-13(15)8-12/h5-8,11,16H,9-10H2,1-4H3. The SMILES string of the molecule is CC(CNC(C)(C)C)OCc1cccc(Cl)c1. The van der Waals surface area contributed by atoms with E-state index in [9.17, 15) is 0 Å². The maximum atomic E-state index is 5.91. The van der Waals surface area contributed by atoms with Crippen molar-refractivity contribution < 1.29 is 4.74 Å². The molecule has 0 bridgehead atoms. The van der Waals surface area contributed by atoms with Gasteiger partial charge < -0.3 is 10.1 Å². The molecule has 0 spiro atoms. The van der Waals surface area contributed by atoms with E-state index >= 15 is 0 Å². The highest BCUT2D eigenvalue weighted by Crippen LogP contribution is 2.12. The van der Waals surface area contributed by atoms with Gasteiger partial charge in [0.15, 0.2) is 0 Å². The van der Waals surface area contributed by atoms with E-state index in [0.717, 1.165) is 17.1 Å². The number of nitrogens with one attached hydrogen (secondary N) is 1. The average Bonchev–Trinajstić information content (AvgIpc) is 2.23. The van der Waals surface area contributed by atoms with Gasteiger partial charge in [-0.3, -0.25) is 0 Å². The molecule has 1 aromatic rings. The van der Waals surface area contributed by atoms with Crippen LogP contribution in [-0.4, -0.2) is 18.2 Å². The van der Waals surface area contributed by atoms with E-state index in [-0.39, 0.29) is 11.6 Å². The first kappa shape index (κ1) is 14.5. The summed E-state index contributed by atoms with van der Waals surface area (Å²) in [4.78, 5) is 0. The van der Waals surface area contributed by atoms with Crippen LogP contribution in [0.1, 0.15) is 33.3 Å². The number of halogens is 1. The average molecular weight is 256 g/mol. The van der Waals surface area contributed by atoms with Gasteiger partial charge in [0.25, 0.3) is 0 Å². The van der Waals surface area contributed by atoms with Crippen LogP contribution in [0, 0.1) is 0 Å². The molecule has 2 nitrogen and oxygen atoms in total. The molecule has 1 N–H and O–H groups in total. The van der Waals surface area contributed by atoms with Crippen LogP contribution in [0.25, 0.3) is 0 Å². The third kappa shape index (κ3) is 6.67. The molecule has 0 saturated carbocycles. The summed E-state index contributed by atoms with van der Waals surface area (Å²) in [6.45, 7) is 9.98. The summed E-state index contributed by atoms with van der Waals surface area (Å²) < 4.78 is 5.76. The Labute approximate surface area is 109 Å². The van der Waals surface area contributed by atoms with Gasteiger partial charge in [-0.05, 0) is 45.4 Å². The topological polar surface area (TPSA) is 21.3 Å². The van der Waals surface area contributed by atoms with Crippen molar-refractivity contribution in [3.8, 4) is 0 Å². The third-order valence-electron chi connectivity index (χ3n) is 2.34. The Kier molecular flexibility index (Phi) is 5.44. The van der Waals surface area contributed by atoms with Crippen molar-refractivity contribution in [1.29, 1.82) is 0 Å². The Morgan fingerprint density at radius 2 is 2.06 bits per heavy atom. The normalized spacial score (nSPS) is 13.7. The molecule has 1 atom stereocenters. The second-order valence-electron chi connectivity index (χ2n) is 5.38. The van der Waals surface area contributed by atoms with E-state index in [1.54, 1.807) is 0 Å². The highest BCUT2D eigenvalue weighted by atomic mass is 35.5. The first-order chi connectivity index (χ1) is 7.87. The Bertz CT molecular complexity index is 346. The maximum Gasteiger partial charge on any atom is 0.0721 e. The summed E-state index contributed by atoms with van der Waals surface area (Å²) in [6, 6.07) is 7.77. The Hall–Kier alpha value is -0.570. The maximum absolute atomic E-state index is 5.91. The minimum Gasteiger partial charge on any atom is -0.373 e. The number of hydrogen-bond acceptors (Lipinski definition) is 2. The fraction of sp³-hybridized carbons (Fsp3) is 0.571. The molecule has 0 aliphatic rings. The van der Waals surface area contributed by atoms with Crippen LogP contribution in [0.5, 0.6) is 0 Å². The molecule has 0 radical (unpaired) electrons. The van der Waals surface area contributed by atoms with Crippen LogP contribution in [0.3, 0.4) is 0 Å². The van der Waals surface area contributed by atoms with Crippen molar-refractivity contribution in [2.45, 2.75) is 45.9 Å². The van der Waals surface area contributed by atoms with E-state index in [2.05, 4.69) is 33.0 Å². The lowest BCUT2D eigenvalue weighted by Crippen LogP contribution is -2.40. The molecule has 1 unspecified atom stereocenters. The predicted molar refractivity (Wildman–Crippen MR) is 73.5 cm³/mol. The third-order valence-corrected chi connectivity index (χ3v) is 2.58. The number of hydrogen-bond donors (Lipinski definition) is 1. The van der Waals surface area contributed by atoms with Crippen LogP contribution in [-0.2, 0) is 11.3 Å². The fourth-order valence-corrected chi connectivity index (χ4v) is 1.59. The second-order valence-corrected chi connectivity index (χ2v) is 5.82. The van der Waals surface area contributed by atoms with Crippen LogP contribution in [0.15, 0.2) is 24.3 Å². The van der Waals surface area contributed by atoms with Gasteiger partial charge in [-0.1, -0.05) is 23.7 Å². The van der Waals surface area contributed by atoms with E-state index in [1.165, 1.54) is 0 Å². The van der Waals surface area contributed by atoms with Gasteiger partial charge in [0.05, 0.1) is 12.7 Å². The van der Waals surface area contributed by atoms with Crippen molar-refractivity contribution in [2.24, 2.45) is 0 Å². The molecule has 0 aromatic heterocycles. The minimum atomic E-state index is 0.133. The van der Waals surface area contributed by atoms with Gasteiger partial charge in [0, 0.05) is 17.1 Å². The fourth-order valence-electron chi connectivity index (χ4n) is 1.37. The molecule has 1 rings (SSSR count). The summed E-state index contributed by atoms with van der Waals surface area (Å²) in [5.74, 6) is 0. The summed E-state index contributed by atoms with van der Waals surface area (Å²) in [7, 11) is 0. The van der Waals surface area contributed by atoms with Gasteiger partial charge in [0.2, 0.25) is 0 Å². The van der Waals surface area contributed by atoms with Gasteiger partial charge >= 0.3 is 0 Å². The Morgan fingerprint density at radius 1 is 1.35 bits per heavy atom. The molecule has 96 valence electrons. The molecule has 0 aliphatic heterocycles. The number of benzene rings is 1. The molecule has 17 heavy (non-hydrogen) atoms. The van der Waals surface area contributed by atoms with Gasteiger partial charge in [-0.2, -0.15) is 0 Å². The zero-order chi connectivity index (χ0) is 12.9. The first-order valence-corrected chi connectivity index (χ1v) is 6.36. The molecule has 0 saturated heterocycles. The van der Waals surface area contributed by atoms with Gasteiger partial charge in [0.1, 0.15) is 0 Å². The smallest absolute Gasteiger partial charge is 0.0721 e. The summed E-state index contributed by atoms with van der Waals surface area (Å²) in [5.41, 5.74) is 1.24. The molecule has 0 heterocycles. The zero-order valence-corrected chi connectivity index (χ0v) is 11.8. The number of ether oxygens (including phenoxy) is 1. The van der Waals surface area contributed by atoms with Crippen LogP contribution >= 0.6 is 11.6 Å². The van der Waals surface area contributed by atoms with Crippen molar-refractivity contribution >= 4 is 11.6 Å². The Balaban J connectivity index is 2.31. The van der Waals surface area contributed by atoms with Gasteiger partial charge in [-0.15, -0.1) is 0 Å². The summed E-state index contributed by atoms with van der Waals surface area (Å²) >= 11 is 5.91. The number of rotatable bonds is 5. The van der Waals surface area contributed by atoms with Crippen molar-refractivity contribution in [1.82, 2.24) is 5.32 Å². The summed E-state index contributed by atoms with van der Waals surface area (Å²) in [5, 5.41) is 4.17. The monoisotopic (exact) mass is 255 g/mol.